The van der Waals surface area contributed by atoms with E-state index in [0.717, 1.165) is 24.8 Å². The number of carbonyl (C=O) groups is 3. The number of aliphatic carboxylic acids is 1. The van der Waals surface area contributed by atoms with E-state index in [4.69, 9.17) is 13.6 Å². The molecule has 10 nitrogen and oxygen atoms in total. The van der Waals surface area contributed by atoms with E-state index in [1.807, 2.05) is 30.3 Å². The van der Waals surface area contributed by atoms with Crippen molar-refractivity contribution >= 4 is 17.8 Å². The van der Waals surface area contributed by atoms with E-state index in [-0.39, 0.29) is 36.0 Å². The first-order valence-corrected chi connectivity index (χ1v) is 12.4. The van der Waals surface area contributed by atoms with E-state index in [2.05, 4.69) is 5.32 Å². The lowest BCUT2D eigenvalue weighted by molar-refractivity contribution is -0.152. The van der Waals surface area contributed by atoms with Crippen molar-refractivity contribution in [3.8, 4) is 0 Å². The normalized spacial score (nSPS) is 22.7. The molecule has 10 heteroatoms. The number of esters is 1. The molecule has 2 heterocycles. The topological polar surface area (TPSA) is 139 Å². The summed E-state index contributed by atoms with van der Waals surface area (Å²) in [7, 11) is 0. The summed E-state index contributed by atoms with van der Waals surface area (Å²) in [6.45, 7) is 2.90. The zero-order chi connectivity index (χ0) is 25.8. The summed E-state index contributed by atoms with van der Waals surface area (Å²) in [6.07, 6.45) is 4.07. The number of fused-ring (bicyclic) bond motifs is 1. The molecule has 0 spiro atoms. The molecule has 2 N–H and O–H groups in total. The van der Waals surface area contributed by atoms with Crippen LogP contribution in [0.4, 0.5) is 0 Å². The Morgan fingerprint density at radius 2 is 1.94 bits per heavy atom. The van der Waals surface area contributed by atoms with Crippen LogP contribution in [0.5, 0.6) is 0 Å². The Morgan fingerprint density at radius 1 is 1.19 bits per heavy atom. The molecule has 1 aliphatic heterocycles. The van der Waals surface area contributed by atoms with Gasteiger partial charge in [-0.1, -0.05) is 36.8 Å². The molecule has 0 unspecified atom stereocenters. The van der Waals surface area contributed by atoms with Gasteiger partial charge in [-0.2, -0.15) is 0 Å². The van der Waals surface area contributed by atoms with Crippen molar-refractivity contribution in [2.45, 2.75) is 83.1 Å². The summed E-state index contributed by atoms with van der Waals surface area (Å²) in [5.41, 5.74) is 1.02. The van der Waals surface area contributed by atoms with Gasteiger partial charge >= 0.3 is 17.8 Å². The number of rotatable bonds is 10. The molecule has 1 aromatic carbocycles. The molecule has 1 aliphatic carbocycles. The molecule has 194 valence electrons. The summed E-state index contributed by atoms with van der Waals surface area (Å²) < 4.78 is 15.1. The minimum atomic E-state index is -0.998. The van der Waals surface area contributed by atoms with Crippen LogP contribution < -0.4 is 11.1 Å². The molecule has 0 radical (unpaired) electrons. The number of hydrogen-bond acceptors (Lipinski definition) is 8. The molecule has 2 aromatic rings. The Hall–Kier alpha value is -3.40. The number of ether oxygens (including phenoxy) is 1. The van der Waals surface area contributed by atoms with Crippen molar-refractivity contribution in [2.24, 2.45) is 5.92 Å². The van der Waals surface area contributed by atoms with Crippen molar-refractivity contribution in [3.63, 3.8) is 0 Å². The van der Waals surface area contributed by atoms with Gasteiger partial charge in [0.1, 0.15) is 12.1 Å². The van der Waals surface area contributed by atoms with E-state index in [1.165, 1.54) is 11.8 Å². The van der Waals surface area contributed by atoms with Gasteiger partial charge in [0.25, 0.3) is 0 Å². The average molecular weight is 501 g/mol. The van der Waals surface area contributed by atoms with Crippen LogP contribution in [0.2, 0.25) is 0 Å². The Labute approximate surface area is 208 Å². The van der Waals surface area contributed by atoms with Gasteiger partial charge in [0.15, 0.2) is 18.1 Å². The van der Waals surface area contributed by atoms with E-state index < -0.39 is 35.9 Å². The van der Waals surface area contributed by atoms with Crippen molar-refractivity contribution in [1.82, 2.24) is 10.2 Å². The number of carboxylic acid groups (broad SMARTS) is 1. The predicted molar refractivity (Wildman–Crippen MR) is 127 cm³/mol. The maximum absolute atomic E-state index is 13.4. The molecule has 2 aliphatic rings. The zero-order valence-corrected chi connectivity index (χ0v) is 20.5. The summed E-state index contributed by atoms with van der Waals surface area (Å²) in [5, 5.41) is 12.8. The summed E-state index contributed by atoms with van der Waals surface area (Å²) >= 11 is 0. The first-order valence-electron chi connectivity index (χ1n) is 12.4. The molecule has 1 aromatic heterocycles. The van der Waals surface area contributed by atoms with Gasteiger partial charge in [-0.25, -0.2) is 9.59 Å². The molecule has 5 atom stereocenters. The summed E-state index contributed by atoms with van der Waals surface area (Å²) in [6, 6.07) is 7.04. The molecular weight excluding hydrogens is 468 g/mol. The van der Waals surface area contributed by atoms with Crippen molar-refractivity contribution < 1.29 is 33.1 Å². The maximum atomic E-state index is 13.4. The fourth-order valence-electron chi connectivity index (χ4n) is 5.39. The van der Waals surface area contributed by atoms with Gasteiger partial charge in [0.05, 0.1) is 6.04 Å². The average Bonchev–Trinajstić information content (AvgIpc) is 3.54. The van der Waals surface area contributed by atoms with Crippen LogP contribution in [0.15, 0.2) is 44.0 Å². The largest absolute Gasteiger partial charge is 0.519 e. The fourth-order valence-corrected chi connectivity index (χ4v) is 5.39. The smallest absolute Gasteiger partial charge is 0.480 e. The highest BCUT2D eigenvalue weighted by Crippen LogP contribution is 2.41. The summed E-state index contributed by atoms with van der Waals surface area (Å²) in [5.74, 6) is -2.26. The Balaban J connectivity index is 1.46. The molecule has 1 amide bonds. The van der Waals surface area contributed by atoms with Gasteiger partial charge in [-0.3, -0.25) is 14.9 Å². The van der Waals surface area contributed by atoms with Crippen LogP contribution in [0, 0.1) is 12.8 Å². The second-order valence-corrected chi connectivity index (χ2v) is 9.60. The molecule has 36 heavy (non-hydrogen) atoms. The van der Waals surface area contributed by atoms with E-state index in [9.17, 15) is 24.3 Å². The van der Waals surface area contributed by atoms with E-state index >= 15 is 0 Å². The van der Waals surface area contributed by atoms with Crippen LogP contribution in [0.1, 0.15) is 56.1 Å². The number of hydrogen-bond donors (Lipinski definition) is 2. The Bertz CT molecular complexity index is 1140. The van der Waals surface area contributed by atoms with Crippen LogP contribution in [-0.2, 0) is 32.1 Å². The molecule has 0 bridgehead atoms. The number of carbonyl (C=O) groups excluding carboxylic acids is 2. The van der Waals surface area contributed by atoms with Gasteiger partial charge in [-0.05, 0) is 57.4 Å². The number of likely N-dealkylation sites (tertiary alicyclic amines) is 1. The quantitative estimate of drug-likeness (QED) is 0.471. The van der Waals surface area contributed by atoms with Gasteiger partial charge in [-0.15, -0.1) is 0 Å². The lowest BCUT2D eigenvalue weighted by Crippen LogP contribution is -2.55. The van der Waals surface area contributed by atoms with Crippen LogP contribution in [0.25, 0.3) is 0 Å². The highest BCUT2D eigenvalue weighted by Gasteiger charge is 2.49. The number of nitrogens with one attached hydrogen (secondary N) is 1. The monoisotopic (exact) mass is 500 g/mol. The SMILES string of the molecule is Cc1oc(=O)oc1COC(=O)[C@H](CCc1ccccc1)N[C@@H](C)C(=O)N1[C@H](C(=O)O)C[C@@H]2CCC[C@@H]21. The van der Waals surface area contributed by atoms with Crippen molar-refractivity contribution in [3.05, 3.63) is 58.0 Å². The predicted octanol–water partition coefficient (Wildman–Crippen LogP) is 2.42. The zero-order valence-electron chi connectivity index (χ0n) is 20.5. The number of benzene rings is 1. The van der Waals surface area contributed by atoms with Gasteiger partial charge < -0.3 is 23.6 Å². The lowest BCUT2D eigenvalue weighted by atomic mass is 10.0. The Kier molecular flexibility index (Phi) is 7.93. The lowest BCUT2D eigenvalue weighted by Gasteiger charge is -2.31. The van der Waals surface area contributed by atoms with Crippen LogP contribution in [-0.4, -0.2) is 52.0 Å². The van der Waals surface area contributed by atoms with E-state index in [1.54, 1.807) is 6.92 Å². The molecular formula is C26H32N2O8. The molecule has 1 saturated heterocycles. The van der Waals surface area contributed by atoms with Gasteiger partial charge in [0.2, 0.25) is 5.91 Å². The molecule has 4 rings (SSSR count). The van der Waals surface area contributed by atoms with Crippen molar-refractivity contribution in [2.75, 3.05) is 0 Å². The molecule has 2 fully saturated rings. The number of aryl methyl sites for hydroxylation is 2. The second kappa shape index (κ2) is 11.1. The number of amides is 1. The van der Waals surface area contributed by atoms with E-state index in [0.29, 0.717) is 19.3 Å². The van der Waals surface area contributed by atoms with Crippen molar-refractivity contribution in [1.29, 1.82) is 0 Å². The minimum absolute atomic E-state index is 0.0791. The standard InChI is InChI=1S/C26H32N2O8/c1-15(23(29)28-20-10-6-9-18(20)13-21(28)24(30)31)27-19(12-11-17-7-4-3-5-8-17)25(32)34-14-22-16(2)35-26(33)36-22/h3-5,7-8,15,18-21,27H,6,9-14H2,1-2H3,(H,30,31)/t15-,18-,19-,20-,21-/m0/s1. The molecule has 1 saturated carbocycles. The van der Waals surface area contributed by atoms with Crippen LogP contribution in [0.3, 0.4) is 0 Å². The number of carboxylic acids is 1. The maximum Gasteiger partial charge on any atom is 0.519 e. The first-order chi connectivity index (χ1) is 17.2. The third-order valence-corrected chi connectivity index (χ3v) is 7.23. The minimum Gasteiger partial charge on any atom is -0.480 e. The highest BCUT2D eigenvalue weighted by molar-refractivity contribution is 5.88. The highest BCUT2D eigenvalue weighted by atomic mass is 16.6. The number of nitrogens with zero attached hydrogens (tertiary/aromatic N) is 1. The van der Waals surface area contributed by atoms with Crippen LogP contribution >= 0.6 is 0 Å². The fraction of sp³-hybridized carbons (Fsp3) is 0.538. The third kappa shape index (κ3) is 5.70. The third-order valence-electron chi connectivity index (χ3n) is 7.23. The first kappa shape index (κ1) is 25.7. The second-order valence-electron chi connectivity index (χ2n) is 9.60. The Morgan fingerprint density at radius 3 is 2.61 bits per heavy atom. The summed E-state index contributed by atoms with van der Waals surface area (Å²) in [4.78, 5) is 51.2. The van der Waals surface area contributed by atoms with Gasteiger partial charge in [0, 0.05) is 6.04 Å².